The number of rotatable bonds is 4. The maximum absolute atomic E-state index is 5.94. The first-order valence-corrected chi connectivity index (χ1v) is 6.83. The topological polar surface area (TPSA) is 49.8 Å². The van der Waals surface area contributed by atoms with Gasteiger partial charge in [0.05, 0.1) is 10.4 Å². The molecule has 6 heteroatoms. The van der Waals surface area contributed by atoms with Gasteiger partial charge in [-0.2, -0.15) is 0 Å². The first-order valence-electron chi connectivity index (χ1n) is 5.63. The summed E-state index contributed by atoms with van der Waals surface area (Å²) in [6.07, 6.45) is 0. The van der Waals surface area contributed by atoms with Crippen LogP contribution < -0.4 is 10.6 Å². The molecular formula is C12H15ClN4S. The Morgan fingerprint density at radius 3 is 2.61 bits per heavy atom. The van der Waals surface area contributed by atoms with Gasteiger partial charge in [0.2, 0.25) is 0 Å². The molecule has 2 aromatic rings. The fourth-order valence-corrected chi connectivity index (χ4v) is 2.69. The number of nitrogens with one attached hydrogen (secondary N) is 2. The van der Waals surface area contributed by atoms with Crippen molar-refractivity contribution < 1.29 is 0 Å². The van der Waals surface area contributed by atoms with Crippen molar-refractivity contribution in [1.82, 2.24) is 9.97 Å². The lowest BCUT2D eigenvalue weighted by Crippen LogP contribution is -2.08. The molecule has 18 heavy (non-hydrogen) atoms. The summed E-state index contributed by atoms with van der Waals surface area (Å²) in [4.78, 5) is 9.80. The SMILES string of the molecule is CNc1cc(NC(C)c2ccc(Cl)s2)nc(C)n1. The Balaban J connectivity index is 2.16. The van der Waals surface area contributed by atoms with Crippen LogP contribution in [0.2, 0.25) is 4.34 Å². The van der Waals surface area contributed by atoms with Crippen LogP contribution in [0.4, 0.5) is 11.6 Å². The lowest BCUT2D eigenvalue weighted by molar-refractivity contribution is 0.887. The predicted octanol–water partition coefficient (Wildman–Crippen LogP) is 3.71. The molecule has 0 bridgehead atoms. The first-order chi connectivity index (χ1) is 8.58. The van der Waals surface area contributed by atoms with Gasteiger partial charge in [-0.1, -0.05) is 11.6 Å². The third-order valence-electron chi connectivity index (χ3n) is 2.48. The molecule has 0 aromatic carbocycles. The summed E-state index contributed by atoms with van der Waals surface area (Å²) >= 11 is 7.51. The molecule has 2 aromatic heterocycles. The van der Waals surface area contributed by atoms with Crippen LogP contribution in [0.1, 0.15) is 23.7 Å². The predicted molar refractivity (Wildman–Crippen MR) is 77.7 cm³/mol. The van der Waals surface area contributed by atoms with Gasteiger partial charge in [0.1, 0.15) is 17.5 Å². The second-order valence-electron chi connectivity index (χ2n) is 3.94. The molecule has 0 aliphatic rings. The van der Waals surface area contributed by atoms with Crippen molar-refractivity contribution in [1.29, 1.82) is 0 Å². The van der Waals surface area contributed by atoms with Gasteiger partial charge < -0.3 is 10.6 Å². The van der Waals surface area contributed by atoms with E-state index in [0.717, 1.165) is 21.8 Å². The van der Waals surface area contributed by atoms with Crippen molar-refractivity contribution in [3.63, 3.8) is 0 Å². The van der Waals surface area contributed by atoms with Gasteiger partial charge in [-0.05, 0) is 26.0 Å². The van der Waals surface area contributed by atoms with E-state index >= 15 is 0 Å². The second-order valence-corrected chi connectivity index (χ2v) is 5.69. The zero-order valence-electron chi connectivity index (χ0n) is 10.5. The summed E-state index contributed by atoms with van der Waals surface area (Å²) in [7, 11) is 1.84. The van der Waals surface area contributed by atoms with Gasteiger partial charge in [-0.3, -0.25) is 0 Å². The molecule has 0 amide bonds. The Morgan fingerprint density at radius 1 is 1.28 bits per heavy atom. The minimum Gasteiger partial charge on any atom is -0.373 e. The van der Waals surface area contributed by atoms with Crippen molar-refractivity contribution in [2.75, 3.05) is 17.7 Å². The van der Waals surface area contributed by atoms with Crippen LogP contribution in [-0.2, 0) is 0 Å². The lowest BCUT2D eigenvalue weighted by atomic mass is 10.3. The van der Waals surface area contributed by atoms with Gasteiger partial charge in [0, 0.05) is 18.0 Å². The molecule has 96 valence electrons. The maximum atomic E-state index is 5.94. The molecule has 0 spiro atoms. The van der Waals surface area contributed by atoms with Crippen molar-refractivity contribution in [2.45, 2.75) is 19.9 Å². The summed E-state index contributed by atoms with van der Waals surface area (Å²) in [6, 6.07) is 5.99. The minimum atomic E-state index is 0.168. The molecule has 2 N–H and O–H groups in total. The third-order valence-corrected chi connectivity index (χ3v) is 3.89. The van der Waals surface area contributed by atoms with Gasteiger partial charge in [-0.25, -0.2) is 9.97 Å². The quantitative estimate of drug-likeness (QED) is 0.897. The molecule has 2 rings (SSSR count). The van der Waals surface area contributed by atoms with E-state index in [2.05, 4.69) is 27.5 Å². The average Bonchev–Trinajstić information content (AvgIpc) is 2.75. The standard InChI is InChI=1S/C12H15ClN4S/c1-7(9-4-5-10(13)18-9)15-12-6-11(14-3)16-8(2)17-12/h4-7H,1-3H3,(H2,14,15,16,17). The van der Waals surface area contributed by atoms with E-state index in [1.165, 1.54) is 4.88 Å². The molecule has 4 nitrogen and oxygen atoms in total. The molecule has 2 heterocycles. The first kappa shape index (κ1) is 13.1. The number of aryl methyl sites for hydroxylation is 1. The van der Waals surface area contributed by atoms with E-state index in [1.54, 1.807) is 11.3 Å². The van der Waals surface area contributed by atoms with Crippen molar-refractivity contribution >= 4 is 34.6 Å². The van der Waals surface area contributed by atoms with Crippen molar-refractivity contribution in [3.8, 4) is 0 Å². The summed E-state index contributed by atoms with van der Waals surface area (Å²) in [5, 5.41) is 6.36. The van der Waals surface area contributed by atoms with E-state index < -0.39 is 0 Å². The van der Waals surface area contributed by atoms with Crippen molar-refractivity contribution in [2.24, 2.45) is 0 Å². The number of thiophene rings is 1. The van der Waals surface area contributed by atoms with E-state index in [9.17, 15) is 0 Å². The summed E-state index contributed by atoms with van der Waals surface area (Å²) in [6.45, 7) is 3.96. The zero-order chi connectivity index (χ0) is 13.1. The van der Waals surface area contributed by atoms with Gasteiger partial charge >= 0.3 is 0 Å². The minimum absolute atomic E-state index is 0.168. The molecule has 0 fully saturated rings. The van der Waals surface area contributed by atoms with Crippen molar-refractivity contribution in [3.05, 3.63) is 33.2 Å². The Morgan fingerprint density at radius 2 is 2.00 bits per heavy atom. The molecule has 0 saturated heterocycles. The zero-order valence-corrected chi connectivity index (χ0v) is 12.1. The van der Waals surface area contributed by atoms with E-state index in [0.29, 0.717) is 0 Å². The van der Waals surface area contributed by atoms with E-state index in [-0.39, 0.29) is 6.04 Å². The second kappa shape index (κ2) is 5.54. The summed E-state index contributed by atoms with van der Waals surface area (Å²) < 4.78 is 0.799. The fraction of sp³-hybridized carbons (Fsp3) is 0.333. The summed E-state index contributed by atoms with van der Waals surface area (Å²) in [5.74, 6) is 2.35. The molecule has 0 aliphatic heterocycles. The number of hydrogen-bond acceptors (Lipinski definition) is 5. The Bertz CT molecular complexity index is 541. The number of halogens is 1. The third kappa shape index (κ3) is 3.11. The molecule has 0 saturated carbocycles. The molecular weight excluding hydrogens is 268 g/mol. The number of anilines is 2. The van der Waals surface area contributed by atoms with Crippen LogP contribution in [0.3, 0.4) is 0 Å². The highest BCUT2D eigenvalue weighted by Crippen LogP contribution is 2.28. The van der Waals surface area contributed by atoms with Gasteiger partial charge in [-0.15, -0.1) is 11.3 Å². The van der Waals surface area contributed by atoms with Crippen LogP contribution >= 0.6 is 22.9 Å². The molecule has 0 aliphatic carbocycles. The Hall–Kier alpha value is -1.33. The normalized spacial score (nSPS) is 12.2. The summed E-state index contributed by atoms with van der Waals surface area (Å²) in [5.41, 5.74) is 0. The van der Waals surface area contributed by atoms with Gasteiger partial charge in [0.15, 0.2) is 0 Å². The largest absolute Gasteiger partial charge is 0.373 e. The maximum Gasteiger partial charge on any atom is 0.132 e. The Kier molecular flexibility index (Phi) is 4.04. The number of nitrogens with zero attached hydrogens (tertiary/aromatic N) is 2. The van der Waals surface area contributed by atoms with Crippen LogP contribution in [0.25, 0.3) is 0 Å². The molecule has 1 unspecified atom stereocenters. The van der Waals surface area contributed by atoms with Gasteiger partial charge in [0.25, 0.3) is 0 Å². The Labute approximate surface area is 115 Å². The monoisotopic (exact) mass is 282 g/mol. The fourth-order valence-electron chi connectivity index (χ4n) is 1.62. The number of aromatic nitrogens is 2. The van der Waals surface area contributed by atoms with Crippen LogP contribution in [-0.4, -0.2) is 17.0 Å². The van der Waals surface area contributed by atoms with Crippen LogP contribution in [0.5, 0.6) is 0 Å². The average molecular weight is 283 g/mol. The van der Waals surface area contributed by atoms with E-state index in [4.69, 9.17) is 11.6 Å². The highest BCUT2D eigenvalue weighted by atomic mass is 35.5. The van der Waals surface area contributed by atoms with E-state index in [1.807, 2.05) is 32.2 Å². The number of hydrogen-bond donors (Lipinski definition) is 2. The lowest BCUT2D eigenvalue weighted by Gasteiger charge is -2.14. The molecule has 0 radical (unpaired) electrons. The highest BCUT2D eigenvalue weighted by molar-refractivity contribution is 7.16. The highest BCUT2D eigenvalue weighted by Gasteiger charge is 2.09. The van der Waals surface area contributed by atoms with Crippen LogP contribution in [0, 0.1) is 6.92 Å². The smallest absolute Gasteiger partial charge is 0.132 e. The molecule has 1 atom stereocenters. The van der Waals surface area contributed by atoms with Crippen LogP contribution in [0.15, 0.2) is 18.2 Å².